The van der Waals surface area contributed by atoms with Gasteiger partial charge in [0.05, 0.1) is 26.6 Å². The minimum absolute atomic E-state index is 0.0454. The van der Waals surface area contributed by atoms with E-state index in [0.717, 1.165) is 17.3 Å². The van der Waals surface area contributed by atoms with E-state index in [9.17, 15) is 24.8 Å². The zero-order chi connectivity index (χ0) is 23.9. The maximum absolute atomic E-state index is 13.1. The van der Waals surface area contributed by atoms with E-state index in [1.807, 2.05) is 0 Å². The highest BCUT2D eigenvalue weighted by Crippen LogP contribution is 2.39. The summed E-state index contributed by atoms with van der Waals surface area (Å²) in [6.45, 7) is 3.52. The molecule has 0 bridgehead atoms. The number of nitrogens with zero attached hydrogens (tertiary/aromatic N) is 2. The number of thiocarbonyl (C=S) groups is 1. The van der Waals surface area contributed by atoms with Crippen LogP contribution in [0.3, 0.4) is 0 Å². The lowest BCUT2D eigenvalue weighted by Crippen LogP contribution is -2.28. The van der Waals surface area contributed by atoms with Crippen LogP contribution in [0.5, 0.6) is 0 Å². The molecule has 0 saturated carbocycles. The Hall–Kier alpha value is -3.76. The SMILES string of the molecule is Cc1ccc(-c2ccc(C=C3SC(=S)N(c4cc(C(=O)O)ccc4C)C3=O)o2)c([N+](=O)[O-])c1. The van der Waals surface area contributed by atoms with Crippen molar-refractivity contribution in [3.8, 4) is 11.3 Å². The molecule has 0 spiro atoms. The van der Waals surface area contributed by atoms with Gasteiger partial charge in [-0.05, 0) is 55.3 Å². The number of carboxylic acids is 1. The van der Waals surface area contributed by atoms with Crippen LogP contribution in [0.4, 0.5) is 11.4 Å². The van der Waals surface area contributed by atoms with E-state index in [0.29, 0.717) is 33.2 Å². The van der Waals surface area contributed by atoms with E-state index in [1.165, 1.54) is 29.2 Å². The van der Waals surface area contributed by atoms with Gasteiger partial charge >= 0.3 is 5.97 Å². The molecule has 0 atom stereocenters. The summed E-state index contributed by atoms with van der Waals surface area (Å²) in [6, 6.07) is 12.5. The van der Waals surface area contributed by atoms with Gasteiger partial charge in [0.15, 0.2) is 4.32 Å². The summed E-state index contributed by atoms with van der Waals surface area (Å²) in [6.07, 6.45) is 1.51. The molecule has 1 amide bonds. The Labute approximate surface area is 197 Å². The summed E-state index contributed by atoms with van der Waals surface area (Å²) in [5.41, 5.74) is 2.16. The number of carboxylic acid groups (broad SMARTS) is 1. The number of carbonyl (C=O) groups is 2. The van der Waals surface area contributed by atoms with Crippen LogP contribution < -0.4 is 4.90 Å². The number of nitro benzene ring substituents is 1. The lowest BCUT2D eigenvalue weighted by atomic mass is 10.1. The molecule has 1 aliphatic rings. The quantitative estimate of drug-likeness (QED) is 0.218. The predicted octanol–water partition coefficient (Wildman–Crippen LogP) is 5.58. The molecule has 166 valence electrons. The number of hydrogen-bond acceptors (Lipinski definition) is 7. The van der Waals surface area contributed by atoms with Gasteiger partial charge in [0.25, 0.3) is 11.6 Å². The lowest BCUT2D eigenvalue weighted by Gasteiger charge is -2.17. The first-order valence-electron chi connectivity index (χ1n) is 9.63. The zero-order valence-electron chi connectivity index (χ0n) is 17.4. The van der Waals surface area contributed by atoms with Crippen LogP contribution in [0.15, 0.2) is 57.9 Å². The van der Waals surface area contributed by atoms with Crippen molar-refractivity contribution in [2.75, 3.05) is 4.90 Å². The molecule has 1 N–H and O–H groups in total. The van der Waals surface area contributed by atoms with Gasteiger partial charge in [0.1, 0.15) is 11.5 Å². The Bertz CT molecular complexity index is 1380. The van der Waals surface area contributed by atoms with Crippen molar-refractivity contribution in [2.45, 2.75) is 13.8 Å². The number of carbonyl (C=O) groups excluding carboxylic acids is 1. The number of nitro groups is 1. The van der Waals surface area contributed by atoms with Gasteiger partial charge < -0.3 is 9.52 Å². The second-order valence-electron chi connectivity index (χ2n) is 7.30. The molecular weight excluding hydrogens is 464 g/mol. The van der Waals surface area contributed by atoms with E-state index in [2.05, 4.69) is 0 Å². The van der Waals surface area contributed by atoms with E-state index in [4.69, 9.17) is 16.6 Å². The topological polar surface area (TPSA) is 114 Å². The summed E-state index contributed by atoms with van der Waals surface area (Å²) in [7, 11) is 0. The summed E-state index contributed by atoms with van der Waals surface area (Å²) in [4.78, 5) is 37.0. The Kier molecular flexibility index (Phi) is 5.88. The van der Waals surface area contributed by atoms with Crippen molar-refractivity contribution in [1.82, 2.24) is 0 Å². The molecule has 1 aliphatic heterocycles. The van der Waals surface area contributed by atoms with Crippen molar-refractivity contribution in [3.05, 3.63) is 86.0 Å². The van der Waals surface area contributed by atoms with Crippen LogP contribution in [0.2, 0.25) is 0 Å². The van der Waals surface area contributed by atoms with Crippen molar-refractivity contribution in [1.29, 1.82) is 0 Å². The van der Waals surface area contributed by atoms with Crippen LogP contribution >= 0.6 is 24.0 Å². The van der Waals surface area contributed by atoms with Gasteiger partial charge in [-0.1, -0.05) is 36.1 Å². The van der Waals surface area contributed by atoms with E-state index in [-0.39, 0.29) is 15.6 Å². The Morgan fingerprint density at radius 2 is 1.94 bits per heavy atom. The average Bonchev–Trinajstić information content (AvgIpc) is 3.33. The lowest BCUT2D eigenvalue weighted by molar-refractivity contribution is -0.384. The minimum Gasteiger partial charge on any atom is -0.478 e. The maximum Gasteiger partial charge on any atom is 0.335 e. The fourth-order valence-corrected chi connectivity index (χ4v) is 4.63. The van der Waals surface area contributed by atoms with Gasteiger partial charge in [-0.15, -0.1) is 0 Å². The maximum atomic E-state index is 13.1. The largest absolute Gasteiger partial charge is 0.478 e. The molecule has 4 rings (SSSR count). The highest BCUT2D eigenvalue weighted by atomic mass is 32.2. The number of furan rings is 1. The highest BCUT2D eigenvalue weighted by Gasteiger charge is 2.34. The number of aromatic carboxylic acids is 1. The summed E-state index contributed by atoms with van der Waals surface area (Å²) in [5, 5.41) is 20.7. The molecule has 1 saturated heterocycles. The number of aryl methyl sites for hydroxylation is 2. The molecule has 2 heterocycles. The first-order valence-corrected chi connectivity index (χ1v) is 10.9. The van der Waals surface area contributed by atoms with Crippen molar-refractivity contribution < 1.29 is 24.0 Å². The number of amides is 1. The fraction of sp³-hybridized carbons (Fsp3) is 0.0870. The third kappa shape index (κ3) is 4.30. The fourth-order valence-electron chi connectivity index (χ4n) is 3.36. The normalized spacial score (nSPS) is 14.8. The van der Waals surface area contributed by atoms with Gasteiger partial charge in [-0.3, -0.25) is 19.8 Å². The van der Waals surface area contributed by atoms with E-state index < -0.39 is 16.8 Å². The first-order chi connectivity index (χ1) is 15.7. The van der Waals surface area contributed by atoms with Crippen LogP contribution in [0.1, 0.15) is 27.2 Å². The third-order valence-corrected chi connectivity index (χ3v) is 6.31. The second kappa shape index (κ2) is 8.64. The van der Waals surface area contributed by atoms with Crippen molar-refractivity contribution in [3.63, 3.8) is 0 Å². The molecule has 2 aromatic carbocycles. The Morgan fingerprint density at radius 1 is 1.18 bits per heavy atom. The van der Waals surface area contributed by atoms with Gasteiger partial charge in [-0.25, -0.2) is 4.79 Å². The molecule has 0 aliphatic carbocycles. The summed E-state index contributed by atoms with van der Waals surface area (Å²) < 4.78 is 6.04. The smallest absolute Gasteiger partial charge is 0.335 e. The van der Waals surface area contributed by atoms with Crippen molar-refractivity contribution >= 4 is 57.6 Å². The van der Waals surface area contributed by atoms with Crippen LogP contribution in [0.25, 0.3) is 17.4 Å². The Morgan fingerprint density at radius 3 is 2.64 bits per heavy atom. The number of hydrogen-bond donors (Lipinski definition) is 1. The first kappa shape index (κ1) is 22.4. The monoisotopic (exact) mass is 480 g/mol. The van der Waals surface area contributed by atoms with Crippen LogP contribution in [0, 0.1) is 24.0 Å². The number of anilines is 1. The molecule has 1 fully saturated rings. The van der Waals surface area contributed by atoms with E-state index >= 15 is 0 Å². The molecule has 1 aromatic heterocycles. The summed E-state index contributed by atoms with van der Waals surface area (Å²) in [5.74, 6) is -0.884. The molecule has 10 heteroatoms. The van der Waals surface area contributed by atoms with Crippen LogP contribution in [-0.2, 0) is 4.79 Å². The molecule has 8 nitrogen and oxygen atoms in total. The van der Waals surface area contributed by atoms with Crippen LogP contribution in [-0.4, -0.2) is 26.2 Å². The number of benzene rings is 2. The predicted molar refractivity (Wildman–Crippen MR) is 129 cm³/mol. The molecule has 0 unspecified atom stereocenters. The van der Waals surface area contributed by atoms with E-state index in [1.54, 1.807) is 44.2 Å². The molecular formula is C23H16N2O6S2. The number of thioether (sulfide) groups is 1. The van der Waals surface area contributed by atoms with Gasteiger partial charge in [-0.2, -0.15) is 0 Å². The number of rotatable bonds is 5. The van der Waals surface area contributed by atoms with Gasteiger partial charge in [0.2, 0.25) is 0 Å². The van der Waals surface area contributed by atoms with Crippen molar-refractivity contribution in [2.24, 2.45) is 0 Å². The van der Waals surface area contributed by atoms with Gasteiger partial charge in [0, 0.05) is 12.1 Å². The Balaban J connectivity index is 1.67. The zero-order valence-corrected chi connectivity index (χ0v) is 19.0. The summed E-state index contributed by atoms with van der Waals surface area (Å²) >= 11 is 6.44. The third-order valence-electron chi connectivity index (χ3n) is 5.01. The second-order valence-corrected chi connectivity index (χ2v) is 8.98. The molecule has 3 aromatic rings. The standard InChI is InChI=1S/C23H16N2O6S2/c1-12-3-7-16(18(9-12)25(29)30)19-8-6-15(31-19)11-20-21(26)24(23(32)33-20)17-10-14(22(27)28)5-4-13(17)2/h3-11H,1-2H3,(H,27,28). The highest BCUT2D eigenvalue weighted by molar-refractivity contribution is 8.27. The average molecular weight is 481 g/mol. The molecule has 0 radical (unpaired) electrons. The minimum atomic E-state index is -1.11. The molecule has 33 heavy (non-hydrogen) atoms.